The summed E-state index contributed by atoms with van der Waals surface area (Å²) in [5.41, 5.74) is 0. The van der Waals surface area contributed by atoms with Crippen LogP contribution in [0.3, 0.4) is 0 Å². The van der Waals surface area contributed by atoms with E-state index in [4.69, 9.17) is 0 Å². The molecular weight excluding hydrogens is 228 g/mol. The van der Waals surface area contributed by atoms with Gasteiger partial charge in [-0.2, -0.15) is 0 Å². The van der Waals surface area contributed by atoms with Gasteiger partial charge in [0.05, 0.1) is 0 Å². The Morgan fingerprint density at radius 2 is 0.421 bits per heavy atom. The van der Waals surface area contributed by atoms with Gasteiger partial charge in [-0.1, -0.05) is 126 Å². The second kappa shape index (κ2) is 43.0. The summed E-state index contributed by atoms with van der Waals surface area (Å²) in [6.45, 7) is 17.6. The van der Waals surface area contributed by atoms with Crippen LogP contribution in [0, 0.1) is 0 Å². The molecule has 0 aliphatic carbocycles. The molecule has 122 valence electrons. The third-order valence-electron chi connectivity index (χ3n) is 2.62. The molecule has 0 aliphatic rings. The third kappa shape index (κ3) is 94.0. The molecule has 0 bridgehead atoms. The predicted octanol–water partition coefficient (Wildman–Crippen LogP) is 8.40. The maximum Gasteiger partial charge on any atom is -0.0538 e. The van der Waals surface area contributed by atoms with Crippen molar-refractivity contribution in [2.75, 3.05) is 0 Å². The number of unbranched alkanes of at least 4 members (excludes halogenated alkanes) is 7. The van der Waals surface area contributed by atoms with Crippen LogP contribution in [0.1, 0.15) is 126 Å². The summed E-state index contributed by atoms with van der Waals surface area (Å²) in [5.74, 6) is 0. The molecule has 0 unspecified atom stereocenters. The van der Waals surface area contributed by atoms with Crippen LogP contribution in [-0.2, 0) is 0 Å². The van der Waals surface area contributed by atoms with Gasteiger partial charge in [0.2, 0.25) is 0 Å². The second-order valence-corrected chi connectivity index (χ2v) is 5.06. The molecule has 0 spiro atoms. The van der Waals surface area contributed by atoms with E-state index in [1.807, 2.05) is 0 Å². The summed E-state index contributed by atoms with van der Waals surface area (Å²) in [6.07, 6.45) is 14.9. The van der Waals surface area contributed by atoms with Crippen LogP contribution < -0.4 is 0 Å². The van der Waals surface area contributed by atoms with Gasteiger partial charge in [0.15, 0.2) is 0 Å². The number of hydrogen-bond acceptors (Lipinski definition) is 0. The Morgan fingerprint density at radius 1 is 0.263 bits per heavy atom. The normalized spacial score (nSPS) is 8.21. The van der Waals surface area contributed by atoms with Crippen LogP contribution in [-0.4, -0.2) is 0 Å². The van der Waals surface area contributed by atoms with Gasteiger partial charge >= 0.3 is 0 Å². The zero-order valence-electron chi connectivity index (χ0n) is 15.8. The van der Waals surface area contributed by atoms with Crippen LogP contribution in [0.15, 0.2) is 0 Å². The molecule has 0 saturated carbocycles. The van der Waals surface area contributed by atoms with E-state index in [1.165, 1.54) is 70.6 Å². The smallest absolute Gasteiger partial charge is 0.0538 e. The summed E-state index contributed by atoms with van der Waals surface area (Å²) < 4.78 is 0. The van der Waals surface area contributed by atoms with Gasteiger partial charge in [-0.15, -0.1) is 0 Å². The van der Waals surface area contributed by atoms with Gasteiger partial charge in [-0.25, -0.2) is 0 Å². The maximum atomic E-state index is 2.21. The summed E-state index contributed by atoms with van der Waals surface area (Å²) in [7, 11) is 0. The molecule has 0 aromatic rings. The van der Waals surface area contributed by atoms with Crippen LogP contribution in [0.2, 0.25) is 0 Å². The molecule has 0 atom stereocenters. The Kier molecular flexibility index (Phi) is 61.9. The minimum Gasteiger partial charge on any atom is -0.0654 e. The van der Waals surface area contributed by atoms with E-state index >= 15 is 0 Å². The number of hydrogen-bond donors (Lipinski definition) is 0. The van der Waals surface area contributed by atoms with E-state index in [1.54, 1.807) is 0 Å². The van der Waals surface area contributed by atoms with Crippen molar-refractivity contribution in [1.29, 1.82) is 0 Å². The van der Waals surface area contributed by atoms with Crippen molar-refractivity contribution in [1.82, 2.24) is 0 Å². The van der Waals surface area contributed by atoms with E-state index in [2.05, 4.69) is 55.4 Å². The van der Waals surface area contributed by atoms with Gasteiger partial charge in [0.25, 0.3) is 0 Å². The zero-order valence-corrected chi connectivity index (χ0v) is 15.8. The van der Waals surface area contributed by atoms with Gasteiger partial charge in [-0.3, -0.25) is 0 Å². The summed E-state index contributed by atoms with van der Waals surface area (Å²) in [4.78, 5) is 0. The molecule has 0 aromatic heterocycles. The Morgan fingerprint density at radius 3 is 0.421 bits per heavy atom. The monoisotopic (exact) mass is 274 g/mol. The highest BCUT2D eigenvalue weighted by molar-refractivity contribution is 4.25. The van der Waals surface area contributed by atoms with Gasteiger partial charge in [0.1, 0.15) is 0 Å². The molecular formula is C19H46. The van der Waals surface area contributed by atoms with Gasteiger partial charge in [0, 0.05) is 0 Å². The first kappa shape index (κ1) is 27.4. The van der Waals surface area contributed by atoms with Crippen LogP contribution in [0.5, 0.6) is 0 Å². The molecule has 0 nitrogen and oxygen atoms in total. The highest BCUT2D eigenvalue weighted by Gasteiger charge is 1.69. The van der Waals surface area contributed by atoms with E-state index in [0.717, 1.165) is 0 Å². The molecule has 0 aliphatic heterocycles. The van der Waals surface area contributed by atoms with E-state index < -0.39 is 0 Å². The van der Waals surface area contributed by atoms with E-state index in [-0.39, 0.29) is 0 Å². The number of rotatable bonds is 7. The molecule has 0 heterocycles. The molecule has 0 radical (unpaired) electrons. The zero-order chi connectivity index (χ0) is 15.8. The first-order chi connectivity index (χ1) is 9.16. The largest absolute Gasteiger partial charge is 0.0654 e. The van der Waals surface area contributed by atoms with Gasteiger partial charge in [-0.05, 0) is 0 Å². The fourth-order valence-electron chi connectivity index (χ4n) is 1.06. The highest BCUT2D eigenvalue weighted by atomic mass is 13.8. The quantitative estimate of drug-likeness (QED) is 0.437. The molecule has 0 saturated heterocycles. The average molecular weight is 275 g/mol. The predicted molar refractivity (Wildman–Crippen MR) is 96.2 cm³/mol. The SMILES string of the molecule is CCCC.CCCCC.CCCCC.CCCCC. The van der Waals surface area contributed by atoms with Crippen molar-refractivity contribution >= 4 is 0 Å². The first-order valence-electron chi connectivity index (χ1n) is 9.16. The fourth-order valence-corrected chi connectivity index (χ4v) is 1.06. The lowest BCUT2D eigenvalue weighted by molar-refractivity contribution is 0.772. The molecule has 19 heavy (non-hydrogen) atoms. The van der Waals surface area contributed by atoms with Crippen molar-refractivity contribution in [3.8, 4) is 0 Å². The molecule has 0 amide bonds. The molecule has 0 aromatic carbocycles. The van der Waals surface area contributed by atoms with Crippen molar-refractivity contribution in [2.45, 2.75) is 126 Å². The summed E-state index contributed by atoms with van der Waals surface area (Å²) in [6, 6.07) is 0. The van der Waals surface area contributed by atoms with Crippen LogP contribution in [0.25, 0.3) is 0 Å². The maximum absolute atomic E-state index is 2.21. The lowest BCUT2D eigenvalue weighted by atomic mass is 10.3. The van der Waals surface area contributed by atoms with Crippen molar-refractivity contribution < 1.29 is 0 Å². The minimum absolute atomic E-state index is 1.32. The fraction of sp³-hybridized carbons (Fsp3) is 1.00. The topological polar surface area (TPSA) is 0 Å². The van der Waals surface area contributed by atoms with Crippen molar-refractivity contribution in [3.63, 3.8) is 0 Å². The molecule has 0 N–H and O–H groups in total. The van der Waals surface area contributed by atoms with Gasteiger partial charge < -0.3 is 0 Å². The Bertz CT molecular complexity index is 53.8. The highest BCUT2D eigenvalue weighted by Crippen LogP contribution is 1.89. The van der Waals surface area contributed by atoms with Crippen molar-refractivity contribution in [2.24, 2.45) is 0 Å². The van der Waals surface area contributed by atoms with Crippen LogP contribution >= 0.6 is 0 Å². The van der Waals surface area contributed by atoms with Crippen LogP contribution in [0.4, 0.5) is 0 Å². The molecule has 0 heteroatoms. The Labute approximate surface area is 126 Å². The average Bonchev–Trinajstić information content (AvgIpc) is 2.43. The third-order valence-corrected chi connectivity index (χ3v) is 2.62. The van der Waals surface area contributed by atoms with E-state index in [9.17, 15) is 0 Å². The lowest BCUT2D eigenvalue weighted by Crippen LogP contribution is -1.59. The second-order valence-electron chi connectivity index (χ2n) is 5.06. The summed E-state index contributed by atoms with van der Waals surface area (Å²) in [5, 5.41) is 0. The molecule has 0 fully saturated rings. The van der Waals surface area contributed by atoms with E-state index in [0.29, 0.717) is 0 Å². The lowest BCUT2D eigenvalue weighted by Gasteiger charge is -1.79. The first-order valence-corrected chi connectivity index (χ1v) is 9.16. The Balaban J connectivity index is -0.0000000793. The minimum atomic E-state index is 1.32. The standard InChI is InChI=1S/3C5H12.C4H10/c3*1-3-5-4-2;1-3-4-2/h3*3-5H2,1-2H3;3-4H2,1-2H3. The van der Waals surface area contributed by atoms with Crippen molar-refractivity contribution in [3.05, 3.63) is 0 Å². The Hall–Kier alpha value is 0. The molecule has 0 rings (SSSR count). The summed E-state index contributed by atoms with van der Waals surface area (Å²) >= 11 is 0.